The minimum atomic E-state index is -4.91. The number of carbonyl (C=O) groups excluding carboxylic acids is 4. The topological polar surface area (TPSA) is 181 Å². The summed E-state index contributed by atoms with van der Waals surface area (Å²) in [7, 11) is -4.91. The molecule has 0 spiro atoms. The number of hydrogen-bond donors (Lipinski definition) is 4. The number of nitrogens with one attached hydrogen (secondary N) is 2. The van der Waals surface area contributed by atoms with Crippen molar-refractivity contribution in [2.45, 2.75) is 114 Å². The van der Waals surface area contributed by atoms with E-state index in [1.165, 1.54) is 6.92 Å². The highest BCUT2D eigenvalue weighted by molar-refractivity contribution is 7.46. The van der Waals surface area contributed by atoms with Gasteiger partial charge in [0.25, 0.3) is 0 Å². The molecule has 54 heavy (non-hydrogen) atoms. The third-order valence-electron chi connectivity index (χ3n) is 8.77. The van der Waals surface area contributed by atoms with Crippen molar-refractivity contribution < 1.29 is 47.5 Å². The Morgan fingerprint density at radius 2 is 1.39 bits per heavy atom. The fourth-order valence-electron chi connectivity index (χ4n) is 5.87. The minimum absolute atomic E-state index is 0.0311. The largest absolute Gasteiger partial charge is 0.470 e. The summed E-state index contributed by atoms with van der Waals surface area (Å²) in [4.78, 5) is 73.1. The van der Waals surface area contributed by atoms with Gasteiger partial charge in [-0.25, -0.2) is 9.36 Å². The van der Waals surface area contributed by atoms with Crippen LogP contribution in [0.2, 0.25) is 0 Å². The Kier molecular flexibility index (Phi) is 18.3. The maximum atomic E-state index is 13.4. The van der Waals surface area contributed by atoms with Gasteiger partial charge < -0.3 is 34.8 Å². The Morgan fingerprint density at radius 3 is 1.89 bits per heavy atom. The molecule has 0 radical (unpaired) electrons. The Balaban J connectivity index is 2.32. The van der Waals surface area contributed by atoms with Gasteiger partial charge in [0.05, 0.1) is 23.7 Å². The van der Waals surface area contributed by atoms with Gasteiger partial charge in [-0.3, -0.25) is 18.9 Å². The third-order valence-corrected chi connectivity index (χ3v) is 9.36. The number of rotatable bonds is 21. The van der Waals surface area contributed by atoms with E-state index < -0.39 is 55.8 Å². The summed E-state index contributed by atoms with van der Waals surface area (Å²) in [5, 5.41) is 5.96. The molecule has 2 rings (SSSR count). The zero-order valence-electron chi connectivity index (χ0n) is 33.8. The first-order chi connectivity index (χ1) is 25.1. The van der Waals surface area contributed by atoms with Gasteiger partial charge in [0.2, 0.25) is 6.29 Å². The number of esters is 2. The van der Waals surface area contributed by atoms with E-state index in [0.717, 1.165) is 29.9 Å². The summed E-state index contributed by atoms with van der Waals surface area (Å²) in [6, 6.07) is 13.0. The highest BCUT2D eigenvalue weighted by Gasteiger charge is 2.34. The van der Waals surface area contributed by atoms with Crippen LogP contribution in [0.1, 0.15) is 106 Å². The minimum Gasteiger partial charge on any atom is -0.425 e. The number of benzene rings is 2. The molecule has 0 aliphatic rings. The molecule has 2 amide bonds. The van der Waals surface area contributed by atoms with Crippen molar-refractivity contribution in [1.29, 1.82) is 0 Å². The number of phosphoric acid groups is 1. The second-order valence-electron chi connectivity index (χ2n) is 15.5. The molecule has 14 heteroatoms. The van der Waals surface area contributed by atoms with Gasteiger partial charge >= 0.3 is 25.8 Å². The van der Waals surface area contributed by atoms with Crippen molar-refractivity contribution in [2.24, 2.45) is 29.6 Å². The van der Waals surface area contributed by atoms with E-state index in [2.05, 4.69) is 47.8 Å². The number of urea groups is 1. The molecule has 0 aliphatic heterocycles. The van der Waals surface area contributed by atoms with E-state index in [1.807, 2.05) is 56.3 Å². The molecule has 0 aliphatic carbocycles. The maximum absolute atomic E-state index is 13.4. The third kappa shape index (κ3) is 15.9. The highest BCUT2D eigenvalue weighted by atomic mass is 31.2. The molecule has 4 N–H and O–H groups in total. The van der Waals surface area contributed by atoms with E-state index in [1.54, 1.807) is 27.7 Å². The van der Waals surface area contributed by atoms with Gasteiger partial charge in [-0.2, -0.15) is 0 Å². The van der Waals surface area contributed by atoms with Crippen molar-refractivity contribution in [1.82, 2.24) is 0 Å². The number of anilines is 3. The lowest BCUT2D eigenvalue weighted by molar-refractivity contribution is -0.200. The fraction of sp³-hybridized carbons (Fsp3) is 0.600. The van der Waals surface area contributed by atoms with Crippen molar-refractivity contribution >= 4 is 48.6 Å². The summed E-state index contributed by atoms with van der Waals surface area (Å²) in [5.74, 6) is -3.39. The summed E-state index contributed by atoms with van der Waals surface area (Å²) in [5.41, 5.74) is 4.02. The molecule has 0 bridgehead atoms. The predicted molar refractivity (Wildman–Crippen MR) is 211 cm³/mol. The summed E-state index contributed by atoms with van der Waals surface area (Å²) in [6.07, 6.45) is -2.52. The van der Waals surface area contributed by atoms with E-state index >= 15 is 0 Å². The zero-order valence-corrected chi connectivity index (χ0v) is 34.6. The maximum Gasteiger partial charge on any atom is 0.470 e. The number of phosphoric ester groups is 1. The normalized spacial score (nSPS) is 14.1. The summed E-state index contributed by atoms with van der Waals surface area (Å²) >= 11 is 0. The van der Waals surface area contributed by atoms with Crippen LogP contribution in [0.15, 0.2) is 42.5 Å². The number of carbonyl (C=O) groups is 4. The molecule has 0 unspecified atom stereocenters. The number of Topliss-reactive ketones (excluding diaryl/α,β-unsaturated/α-hetero) is 1. The summed E-state index contributed by atoms with van der Waals surface area (Å²) < 4.78 is 27.1. The van der Waals surface area contributed by atoms with Crippen LogP contribution in [-0.2, 0) is 32.9 Å². The molecular weight excluding hydrogens is 713 g/mol. The molecule has 0 fully saturated rings. The van der Waals surface area contributed by atoms with Gasteiger partial charge in [-0.05, 0) is 73.8 Å². The lowest BCUT2D eigenvalue weighted by Gasteiger charge is -2.31. The smallest absolute Gasteiger partial charge is 0.425 e. The first kappa shape index (κ1) is 46.4. The molecule has 2 aromatic rings. The second kappa shape index (κ2) is 21.4. The molecule has 13 nitrogen and oxygen atoms in total. The molecular formula is C40H62N3O10P. The van der Waals surface area contributed by atoms with Crippen LogP contribution in [0.3, 0.4) is 0 Å². The standard InChI is InChI=1S/C40H62N3O10P/c1-12-30(20-37(45)51-39(27(8)9)52-38(46)33(26(6)7)21-36(44)29(11)53-54(48,49)50)31-15-18-35(43(22-24(2)3)23-25(4)5)34(19-31)42-40(47)41-32-16-13-28(10)14-17-32/h13-19,24-27,29-30,33,39H,12,20-23H2,1-11H3,(H2,41,42,47)(H2,48,49,50)/t29-,30-,33-,39-/m0/s1. The number of hydrogen-bond acceptors (Lipinski definition) is 9. The summed E-state index contributed by atoms with van der Waals surface area (Å²) in [6.45, 7) is 22.1. The molecule has 2 aromatic carbocycles. The van der Waals surface area contributed by atoms with Crippen LogP contribution in [0.5, 0.6) is 0 Å². The first-order valence-corrected chi connectivity index (χ1v) is 20.3. The number of nitrogens with zero attached hydrogens (tertiary/aromatic N) is 1. The van der Waals surface area contributed by atoms with Gasteiger partial charge in [0.15, 0.2) is 5.78 Å². The van der Waals surface area contributed by atoms with Crippen LogP contribution < -0.4 is 15.5 Å². The average molecular weight is 776 g/mol. The predicted octanol–water partition coefficient (Wildman–Crippen LogP) is 8.44. The Hall–Kier alpha value is -3.77. The molecule has 4 atom stereocenters. The first-order valence-electron chi connectivity index (χ1n) is 18.8. The quantitative estimate of drug-likeness (QED) is 0.0543. The van der Waals surface area contributed by atoms with Crippen molar-refractivity contribution in [2.75, 3.05) is 28.6 Å². The number of amides is 2. The number of aryl methyl sites for hydroxylation is 1. The number of ketones is 1. The van der Waals surface area contributed by atoms with E-state index in [0.29, 0.717) is 29.6 Å². The van der Waals surface area contributed by atoms with Crippen molar-refractivity contribution in [3.8, 4) is 0 Å². The Bertz CT molecular complexity index is 1580. The van der Waals surface area contributed by atoms with Crippen LogP contribution in [0.25, 0.3) is 0 Å². The number of ether oxygens (including phenoxy) is 2. The Labute approximate surface area is 321 Å². The monoisotopic (exact) mass is 775 g/mol. The molecule has 0 saturated heterocycles. The van der Waals surface area contributed by atoms with Crippen molar-refractivity contribution in [3.05, 3.63) is 53.6 Å². The van der Waals surface area contributed by atoms with Crippen LogP contribution in [-0.4, -0.2) is 59.0 Å². The fourth-order valence-corrected chi connectivity index (χ4v) is 6.40. The van der Waals surface area contributed by atoms with E-state index in [-0.39, 0.29) is 24.7 Å². The molecule has 302 valence electrons. The van der Waals surface area contributed by atoms with Crippen molar-refractivity contribution in [3.63, 3.8) is 0 Å². The lowest BCUT2D eigenvalue weighted by Crippen LogP contribution is -2.35. The van der Waals surface area contributed by atoms with E-state index in [4.69, 9.17) is 19.3 Å². The average Bonchev–Trinajstić information content (AvgIpc) is 3.04. The van der Waals surface area contributed by atoms with Crippen LogP contribution in [0, 0.1) is 36.5 Å². The van der Waals surface area contributed by atoms with Crippen LogP contribution in [0.4, 0.5) is 21.9 Å². The molecule has 0 aromatic heterocycles. The second-order valence-corrected chi connectivity index (χ2v) is 16.7. The van der Waals surface area contributed by atoms with Crippen LogP contribution >= 0.6 is 7.82 Å². The molecule has 0 heterocycles. The highest BCUT2D eigenvalue weighted by Crippen LogP contribution is 2.38. The lowest BCUT2D eigenvalue weighted by atomic mass is 9.89. The van der Waals surface area contributed by atoms with Gasteiger partial charge in [-0.1, -0.05) is 86.1 Å². The molecule has 0 saturated carbocycles. The van der Waals surface area contributed by atoms with Gasteiger partial charge in [0.1, 0.15) is 6.10 Å². The van der Waals surface area contributed by atoms with E-state index in [9.17, 15) is 23.7 Å². The van der Waals surface area contributed by atoms with Gasteiger partial charge in [0, 0.05) is 31.1 Å². The Morgan fingerprint density at radius 1 is 0.796 bits per heavy atom. The zero-order chi connectivity index (χ0) is 40.9. The SMILES string of the molecule is CC[C@@H](CC(=O)O[C@@H](OC(=O)[C@@H](CC(=O)[C@H](C)OP(=O)(O)O)C(C)C)C(C)C)c1ccc(N(CC(C)C)CC(C)C)c(NC(=O)Nc2ccc(C)cc2)c1. The van der Waals surface area contributed by atoms with Gasteiger partial charge in [-0.15, -0.1) is 0 Å².